The molecule has 0 spiro atoms. The molecule has 4 aliphatic carbocycles. The van der Waals surface area contributed by atoms with Crippen molar-refractivity contribution in [1.29, 1.82) is 0 Å². The molecule has 6 atom stereocenters. The molecule has 4 saturated carbocycles. The van der Waals surface area contributed by atoms with Gasteiger partial charge in [-0.25, -0.2) is 0 Å². The van der Waals surface area contributed by atoms with Crippen LogP contribution in [-0.4, -0.2) is 49.4 Å². The van der Waals surface area contributed by atoms with E-state index in [-0.39, 0.29) is 16.7 Å². The summed E-state index contributed by atoms with van der Waals surface area (Å²) in [6, 6.07) is 0. The fraction of sp³-hybridized carbons (Fsp3) is 0.870. The Balaban J connectivity index is 1.49. The topological polar surface area (TPSA) is 59.0 Å². The highest BCUT2D eigenvalue weighted by molar-refractivity contribution is 5.93. The summed E-state index contributed by atoms with van der Waals surface area (Å²) in [6.45, 7) is 5.97. The number of oxime groups is 1. The summed E-state index contributed by atoms with van der Waals surface area (Å²) >= 11 is 0. The molecule has 0 heterocycles. The molecule has 0 saturated heterocycles. The predicted octanol–water partition coefficient (Wildman–Crippen LogP) is 3.71. The third kappa shape index (κ3) is 3.14. The van der Waals surface area contributed by atoms with Gasteiger partial charge in [0.1, 0.15) is 18.2 Å². The van der Waals surface area contributed by atoms with Gasteiger partial charge in [0.15, 0.2) is 0 Å². The molecule has 4 rings (SSSR count). The summed E-state index contributed by atoms with van der Waals surface area (Å²) in [7, 11) is 4.04. The number of hydrogen-bond donors (Lipinski definition) is 0. The van der Waals surface area contributed by atoms with Gasteiger partial charge in [0, 0.05) is 30.7 Å². The van der Waals surface area contributed by atoms with Crippen molar-refractivity contribution in [3.63, 3.8) is 0 Å². The molecule has 5 heteroatoms. The average Bonchev–Trinajstić information content (AvgIpc) is 2.95. The van der Waals surface area contributed by atoms with Crippen LogP contribution >= 0.6 is 0 Å². The van der Waals surface area contributed by atoms with Crippen molar-refractivity contribution < 1.29 is 14.4 Å². The summed E-state index contributed by atoms with van der Waals surface area (Å²) in [5, 5.41) is 4.38. The van der Waals surface area contributed by atoms with Gasteiger partial charge in [-0.05, 0) is 75.8 Å². The Morgan fingerprint density at radius 3 is 2.61 bits per heavy atom. The number of ketones is 2. The van der Waals surface area contributed by atoms with E-state index in [0.29, 0.717) is 42.3 Å². The molecule has 0 unspecified atom stereocenters. The maximum Gasteiger partial charge on any atom is 0.139 e. The number of Topliss-reactive ketones (excluding diaryl/α,β-unsaturated/α-hetero) is 2. The summed E-state index contributed by atoms with van der Waals surface area (Å²) in [5.41, 5.74) is 0.965. The van der Waals surface area contributed by atoms with Gasteiger partial charge in [0.25, 0.3) is 0 Å². The number of likely N-dealkylation sites (N-methyl/N-ethyl adjacent to an activating group) is 1. The van der Waals surface area contributed by atoms with Gasteiger partial charge in [-0.1, -0.05) is 19.0 Å². The van der Waals surface area contributed by atoms with Crippen LogP contribution in [0.2, 0.25) is 0 Å². The van der Waals surface area contributed by atoms with E-state index in [1.807, 2.05) is 14.1 Å². The molecule has 156 valence electrons. The number of hydrogen-bond acceptors (Lipinski definition) is 5. The second-order valence-corrected chi connectivity index (χ2v) is 10.5. The summed E-state index contributed by atoms with van der Waals surface area (Å²) in [5.74, 6) is 2.35. The van der Waals surface area contributed by atoms with Crippen molar-refractivity contribution in [1.82, 2.24) is 4.90 Å². The number of rotatable bonds is 4. The molecular weight excluding hydrogens is 352 g/mol. The van der Waals surface area contributed by atoms with Crippen molar-refractivity contribution >= 4 is 17.3 Å². The Morgan fingerprint density at radius 2 is 1.86 bits per heavy atom. The fourth-order valence-electron chi connectivity index (χ4n) is 7.06. The minimum Gasteiger partial charge on any atom is -0.394 e. The van der Waals surface area contributed by atoms with Crippen LogP contribution < -0.4 is 0 Å². The van der Waals surface area contributed by atoms with Crippen molar-refractivity contribution in [3.8, 4) is 0 Å². The van der Waals surface area contributed by atoms with E-state index in [2.05, 4.69) is 23.9 Å². The van der Waals surface area contributed by atoms with E-state index >= 15 is 0 Å². The highest BCUT2D eigenvalue weighted by atomic mass is 16.6. The highest BCUT2D eigenvalue weighted by Crippen LogP contribution is 2.64. The lowest BCUT2D eigenvalue weighted by molar-refractivity contribution is -0.152. The van der Waals surface area contributed by atoms with Gasteiger partial charge in [0.05, 0.1) is 5.71 Å². The van der Waals surface area contributed by atoms with Gasteiger partial charge in [-0.3, -0.25) is 9.59 Å². The van der Waals surface area contributed by atoms with Gasteiger partial charge < -0.3 is 9.74 Å². The fourth-order valence-corrected chi connectivity index (χ4v) is 7.06. The lowest BCUT2D eigenvalue weighted by Crippen LogP contribution is -2.56. The van der Waals surface area contributed by atoms with E-state index in [0.717, 1.165) is 57.2 Å². The van der Waals surface area contributed by atoms with Crippen molar-refractivity contribution in [3.05, 3.63) is 0 Å². The zero-order valence-electron chi connectivity index (χ0n) is 18.0. The number of nitrogens with zero attached hydrogens (tertiary/aromatic N) is 2. The molecule has 28 heavy (non-hydrogen) atoms. The van der Waals surface area contributed by atoms with Crippen LogP contribution in [0.3, 0.4) is 0 Å². The highest BCUT2D eigenvalue weighted by Gasteiger charge is 2.62. The van der Waals surface area contributed by atoms with E-state index in [4.69, 9.17) is 4.84 Å². The first-order valence-corrected chi connectivity index (χ1v) is 11.1. The number of carbonyl (C=O) groups excluding carboxylic acids is 2. The van der Waals surface area contributed by atoms with Crippen LogP contribution in [-0.2, 0) is 14.4 Å². The van der Waals surface area contributed by atoms with Crippen LogP contribution in [0.4, 0.5) is 0 Å². The van der Waals surface area contributed by atoms with Crippen LogP contribution in [0.1, 0.15) is 65.2 Å². The first-order valence-electron chi connectivity index (χ1n) is 11.1. The Labute approximate surface area is 169 Å². The molecule has 0 aromatic rings. The third-order valence-corrected chi connectivity index (χ3v) is 8.83. The zero-order valence-corrected chi connectivity index (χ0v) is 18.0. The lowest BCUT2D eigenvalue weighted by Gasteiger charge is -2.58. The molecule has 0 bridgehead atoms. The molecule has 0 amide bonds. The van der Waals surface area contributed by atoms with E-state index < -0.39 is 0 Å². The number of carbonyl (C=O) groups is 2. The normalized spacial score (nSPS) is 44.4. The largest absolute Gasteiger partial charge is 0.394 e. The van der Waals surface area contributed by atoms with E-state index in [1.165, 1.54) is 0 Å². The first kappa shape index (κ1) is 20.1. The quantitative estimate of drug-likeness (QED) is 0.544. The van der Waals surface area contributed by atoms with Crippen molar-refractivity contribution in [2.45, 2.75) is 65.2 Å². The molecular formula is C23H36N2O3. The molecule has 0 aromatic carbocycles. The molecule has 0 aromatic heterocycles. The molecule has 4 aliphatic rings. The van der Waals surface area contributed by atoms with Crippen molar-refractivity contribution in [2.24, 2.45) is 39.7 Å². The minimum absolute atomic E-state index is 0.0651. The van der Waals surface area contributed by atoms with E-state index in [9.17, 15) is 9.59 Å². The zero-order chi connectivity index (χ0) is 20.1. The van der Waals surface area contributed by atoms with Crippen LogP contribution in [0.5, 0.6) is 0 Å². The SMILES string of the molecule is CN(C)CCO/N=C1/CC[C@@]2(C)[C@H](C1)C(=O)C[C@@H]1[C@@H]2CC[C@]2(C)C(=O)CC[C@@H]12. The van der Waals surface area contributed by atoms with Crippen LogP contribution in [0.15, 0.2) is 5.16 Å². The molecule has 4 fully saturated rings. The van der Waals surface area contributed by atoms with Crippen LogP contribution in [0.25, 0.3) is 0 Å². The maximum atomic E-state index is 13.2. The lowest BCUT2D eigenvalue weighted by atomic mass is 9.45. The molecule has 5 nitrogen and oxygen atoms in total. The van der Waals surface area contributed by atoms with Gasteiger partial charge in [-0.15, -0.1) is 0 Å². The van der Waals surface area contributed by atoms with Crippen LogP contribution in [0, 0.1) is 34.5 Å². The Kier molecular flexibility index (Phi) is 5.18. The molecule has 0 aliphatic heterocycles. The van der Waals surface area contributed by atoms with Gasteiger partial charge in [-0.2, -0.15) is 0 Å². The Bertz CT molecular complexity index is 687. The predicted molar refractivity (Wildman–Crippen MR) is 109 cm³/mol. The Morgan fingerprint density at radius 1 is 1.07 bits per heavy atom. The maximum absolute atomic E-state index is 13.2. The third-order valence-electron chi connectivity index (χ3n) is 8.83. The molecule has 0 radical (unpaired) electrons. The molecule has 0 N–H and O–H groups in total. The number of fused-ring (bicyclic) bond motifs is 5. The monoisotopic (exact) mass is 388 g/mol. The summed E-state index contributed by atoms with van der Waals surface area (Å²) in [6.07, 6.45) is 7.24. The van der Waals surface area contributed by atoms with Crippen molar-refractivity contribution in [2.75, 3.05) is 27.2 Å². The van der Waals surface area contributed by atoms with E-state index in [1.54, 1.807) is 0 Å². The van der Waals surface area contributed by atoms with Gasteiger partial charge >= 0.3 is 0 Å². The average molecular weight is 389 g/mol. The van der Waals surface area contributed by atoms with Gasteiger partial charge in [0.2, 0.25) is 0 Å². The summed E-state index contributed by atoms with van der Waals surface area (Å²) in [4.78, 5) is 33.4. The first-order chi connectivity index (χ1) is 13.3. The standard InChI is InChI=1S/C23H36N2O3/c1-22-9-7-15(24-28-12-11-25(3)4)13-19(22)20(26)14-16-17-5-6-21(27)23(17,2)10-8-18(16)22/h16-19H,5-14H2,1-4H3/b24-15-/t16-,17-,18-,19+,22+,23-/m0/s1. The second kappa shape index (κ2) is 7.23. The minimum atomic E-state index is -0.161. The summed E-state index contributed by atoms with van der Waals surface area (Å²) < 4.78 is 0. The smallest absolute Gasteiger partial charge is 0.139 e. The Hall–Kier alpha value is -1.23. The second-order valence-electron chi connectivity index (χ2n) is 10.5.